The fourth-order valence-electron chi connectivity index (χ4n) is 3.90. The molecule has 1 aliphatic heterocycles. The van der Waals surface area contributed by atoms with Gasteiger partial charge in [0.2, 0.25) is 10.0 Å². The Bertz CT molecular complexity index is 1390. The van der Waals surface area contributed by atoms with E-state index in [1.54, 1.807) is 36.4 Å². The quantitative estimate of drug-likeness (QED) is 0.485. The molecule has 32 heavy (non-hydrogen) atoms. The highest BCUT2D eigenvalue weighted by atomic mass is 32.2. The number of rotatable bonds is 5. The first kappa shape index (κ1) is 20.4. The Morgan fingerprint density at radius 1 is 0.938 bits per heavy atom. The Balaban J connectivity index is 1.42. The second kappa shape index (κ2) is 8.22. The molecule has 0 bridgehead atoms. The van der Waals surface area contributed by atoms with Gasteiger partial charge < -0.3 is 9.84 Å². The highest BCUT2D eigenvalue weighted by molar-refractivity contribution is 7.89. The predicted molar refractivity (Wildman–Crippen MR) is 122 cm³/mol. The Morgan fingerprint density at radius 2 is 1.72 bits per heavy atom. The molecule has 8 heteroatoms. The van der Waals surface area contributed by atoms with Gasteiger partial charge in [-0.1, -0.05) is 41.6 Å². The van der Waals surface area contributed by atoms with E-state index in [1.807, 2.05) is 30.3 Å². The number of carbonyl (C=O) groups excluding carboxylic acids is 1. The topological polar surface area (TPSA) is 92.5 Å². The largest absolute Gasteiger partial charge is 0.355 e. The molecule has 1 aliphatic rings. The van der Waals surface area contributed by atoms with Gasteiger partial charge in [-0.05, 0) is 49.2 Å². The minimum Gasteiger partial charge on any atom is -0.355 e. The predicted octanol–water partition coefficient (Wildman–Crippen LogP) is 4.53. The summed E-state index contributed by atoms with van der Waals surface area (Å²) >= 11 is 0. The zero-order valence-corrected chi connectivity index (χ0v) is 18.0. The minimum atomic E-state index is -3.56. The standard InChI is InChI=1S/C24H21N3O4S/c28-24(25-19-9-6-10-20(16-19)32(29,30)27-13-4-5-14-27)18-11-12-22-21(15-18)23(31-26-22)17-7-2-1-3-8-17/h1-3,6-12,15-16H,4-5,13-14H2,(H,25,28). The van der Waals surface area contributed by atoms with Gasteiger partial charge in [-0.25, -0.2) is 8.42 Å². The van der Waals surface area contributed by atoms with Crippen LogP contribution in [0.25, 0.3) is 22.2 Å². The molecule has 0 atom stereocenters. The van der Waals surface area contributed by atoms with Crippen LogP contribution in [0.2, 0.25) is 0 Å². The Kier molecular flexibility index (Phi) is 5.24. The van der Waals surface area contributed by atoms with Crippen LogP contribution in [-0.2, 0) is 10.0 Å². The third-order valence-electron chi connectivity index (χ3n) is 5.57. The summed E-state index contributed by atoms with van der Waals surface area (Å²) < 4.78 is 32.6. The maximum atomic E-state index is 12.9. The summed E-state index contributed by atoms with van der Waals surface area (Å²) in [6, 6.07) is 21.0. The van der Waals surface area contributed by atoms with Crippen LogP contribution in [0.1, 0.15) is 23.2 Å². The molecule has 4 aromatic rings. The minimum absolute atomic E-state index is 0.179. The molecule has 0 saturated carbocycles. The van der Waals surface area contributed by atoms with Crippen LogP contribution in [0.3, 0.4) is 0 Å². The number of anilines is 1. The van der Waals surface area contributed by atoms with Gasteiger partial charge in [-0.15, -0.1) is 0 Å². The molecular weight excluding hydrogens is 426 g/mol. The lowest BCUT2D eigenvalue weighted by Gasteiger charge is -2.16. The summed E-state index contributed by atoms with van der Waals surface area (Å²) in [4.78, 5) is 13.1. The summed E-state index contributed by atoms with van der Waals surface area (Å²) in [5.74, 6) is 0.247. The van der Waals surface area contributed by atoms with Crippen molar-refractivity contribution >= 4 is 32.5 Å². The van der Waals surface area contributed by atoms with Crippen LogP contribution < -0.4 is 5.32 Å². The average Bonchev–Trinajstić information content (AvgIpc) is 3.50. The van der Waals surface area contributed by atoms with Gasteiger partial charge in [-0.3, -0.25) is 4.79 Å². The first-order valence-corrected chi connectivity index (χ1v) is 11.8. The maximum Gasteiger partial charge on any atom is 0.255 e. The maximum absolute atomic E-state index is 12.9. The number of nitrogens with zero attached hydrogens (tertiary/aromatic N) is 2. The number of carbonyl (C=O) groups is 1. The highest BCUT2D eigenvalue weighted by Crippen LogP contribution is 2.29. The molecule has 162 valence electrons. The lowest BCUT2D eigenvalue weighted by atomic mass is 10.1. The number of hydrogen-bond donors (Lipinski definition) is 1. The SMILES string of the molecule is O=C(Nc1cccc(S(=O)(=O)N2CCCC2)c1)c1ccc2noc(-c3ccccc3)c2c1. The van der Waals surface area contributed by atoms with E-state index in [2.05, 4.69) is 10.5 Å². The van der Waals surface area contributed by atoms with E-state index in [1.165, 1.54) is 10.4 Å². The van der Waals surface area contributed by atoms with Crippen LogP contribution in [0, 0.1) is 0 Å². The molecule has 3 aromatic carbocycles. The van der Waals surface area contributed by atoms with Crippen molar-refractivity contribution in [2.45, 2.75) is 17.7 Å². The average molecular weight is 448 g/mol. The number of aromatic nitrogens is 1. The van der Waals surface area contributed by atoms with Crippen molar-refractivity contribution in [1.82, 2.24) is 9.46 Å². The van der Waals surface area contributed by atoms with Crippen LogP contribution in [0.15, 0.2) is 82.2 Å². The first-order valence-electron chi connectivity index (χ1n) is 10.4. The second-order valence-electron chi connectivity index (χ2n) is 7.70. The van der Waals surface area contributed by atoms with Crippen LogP contribution in [0.5, 0.6) is 0 Å². The van der Waals surface area contributed by atoms with Crippen molar-refractivity contribution in [1.29, 1.82) is 0 Å². The van der Waals surface area contributed by atoms with E-state index >= 15 is 0 Å². The molecule has 1 amide bonds. The molecule has 0 radical (unpaired) electrons. The number of amides is 1. The van der Waals surface area contributed by atoms with Gasteiger partial charge in [-0.2, -0.15) is 4.31 Å². The van der Waals surface area contributed by atoms with E-state index in [9.17, 15) is 13.2 Å². The summed E-state index contributed by atoms with van der Waals surface area (Å²) in [7, 11) is -3.56. The van der Waals surface area contributed by atoms with Gasteiger partial charge in [0, 0.05) is 29.9 Å². The number of benzene rings is 3. The lowest BCUT2D eigenvalue weighted by Crippen LogP contribution is -2.27. The summed E-state index contributed by atoms with van der Waals surface area (Å²) in [6.45, 7) is 1.06. The second-order valence-corrected chi connectivity index (χ2v) is 9.64. The van der Waals surface area contributed by atoms with Gasteiger partial charge in [0.15, 0.2) is 5.76 Å². The zero-order chi connectivity index (χ0) is 22.1. The third-order valence-corrected chi connectivity index (χ3v) is 7.46. The molecule has 0 aliphatic carbocycles. The highest BCUT2D eigenvalue weighted by Gasteiger charge is 2.27. The van der Waals surface area contributed by atoms with Crippen LogP contribution >= 0.6 is 0 Å². The van der Waals surface area contributed by atoms with Crippen molar-refractivity contribution in [3.8, 4) is 11.3 Å². The fraction of sp³-hybridized carbons (Fsp3) is 0.167. The van der Waals surface area contributed by atoms with Crippen molar-refractivity contribution < 1.29 is 17.7 Å². The fourth-order valence-corrected chi connectivity index (χ4v) is 5.46. The molecule has 1 aromatic heterocycles. The van der Waals surface area contributed by atoms with Crippen molar-refractivity contribution in [2.75, 3.05) is 18.4 Å². The molecule has 1 fully saturated rings. The van der Waals surface area contributed by atoms with Crippen molar-refractivity contribution in [3.05, 3.63) is 78.4 Å². The third kappa shape index (κ3) is 3.79. The summed E-state index contributed by atoms with van der Waals surface area (Å²) in [5, 5.41) is 7.61. The van der Waals surface area contributed by atoms with E-state index in [0.717, 1.165) is 23.8 Å². The molecule has 7 nitrogen and oxygen atoms in total. The molecule has 0 unspecified atom stereocenters. The number of nitrogens with one attached hydrogen (secondary N) is 1. The van der Waals surface area contributed by atoms with Gasteiger partial charge in [0.25, 0.3) is 5.91 Å². The van der Waals surface area contributed by atoms with E-state index in [-0.39, 0.29) is 10.8 Å². The molecular formula is C24H21N3O4S. The number of fused-ring (bicyclic) bond motifs is 1. The summed E-state index contributed by atoms with van der Waals surface area (Å²) in [6.07, 6.45) is 1.73. The van der Waals surface area contributed by atoms with Crippen LogP contribution in [0.4, 0.5) is 5.69 Å². The van der Waals surface area contributed by atoms with E-state index in [0.29, 0.717) is 35.6 Å². The Hall–Kier alpha value is -3.49. The van der Waals surface area contributed by atoms with Gasteiger partial charge in [0.05, 0.1) is 10.3 Å². The number of hydrogen-bond acceptors (Lipinski definition) is 5. The van der Waals surface area contributed by atoms with Gasteiger partial charge in [0.1, 0.15) is 5.52 Å². The Morgan fingerprint density at radius 3 is 2.50 bits per heavy atom. The van der Waals surface area contributed by atoms with Crippen molar-refractivity contribution in [2.24, 2.45) is 0 Å². The smallest absolute Gasteiger partial charge is 0.255 e. The summed E-state index contributed by atoms with van der Waals surface area (Å²) in [5.41, 5.74) is 2.36. The van der Waals surface area contributed by atoms with Gasteiger partial charge >= 0.3 is 0 Å². The molecule has 0 spiro atoms. The van der Waals surface area contributed by atoms with Crippen molar-refractivity contribution in [3.63, 3.8) is 0 Å². The molecule has 2 heterocycles. The molecule has 1 saturated heterocycles. The van der Waals surface area contributed by atoms with E-state index < -0.39 is 10.0 Å². The lowest BCUT2D eigenvalue weighted by molar-refractivity contribution is 0.102. The molecule has 1 N–H and O–H groups in total. The van der Waals surface area contributed by atoms with E-state index in [4.69, 9.17) is 4.52 Å². The first-order chi connectivity index (χ1) is 15.5. The van der Waals surface area contributed by atoms with Crippen LogP contribution in [-0.4, -0.2) is 36.9 Å². The Labute approximate surface area is 185 Å². The normalized spacial score (nSPS) is 14.6. The zero-order valence-electron chi connectivity index (χ0n) is 17.2. The molecule has 5 rings (SSSR count). The number of sulfonamides is 1. The monoisotopic (exact) mass is 447 g/mol.